The highest BCUT2D eigenvalue weighted by atomic mass is 79.9. The molecule has 0 bridgehead atoms. The first-order valence-electron chi connectivity index (χ1n) is 8.21. The molecule has 1 amide bonds. The van der Waals surface area contributed by atoms with Crippen LogP contribution in [0.2, 0.25) is 0 Å². The first-order valence-corrected chi connectivity index (χ1v) is 9.00. The van der Waals surface area contributed by atoms with Crippen LogP contribution in [0.25, 0.3) is 0 Å². The summed E-state index contributed by atoms with van der Waals surface area (Å²) in [5, 5.41) is 7.13. The fraction of sp³-hybridized carbons (Fsp3) is 0.200. The molecule has 0 saturated heterocycles. The van der Waals surface area contributed by atoms with Crippen molar-refractivity contribution < 1.29 is 9.18 Å². The molecular weight excluding hydrogens is 397 g/mol. The Balaban J connectivity index is 1.81. The van der Waals surface area contributed by atoms with Crippen LogP contribution in [0.15, 0.2) is 46.9 Å². The zero-order chi connectivity index (χ0) is 18.8. The molecule has 0 aliphatic carbocycles. The van der Waals surface area contributed by atoms with Crippen molar-refractivity contribution in [3.05, 3.63) is 80.8 Å². The molecule has 134 valence electrons. The number of nitrogens with one attached hydrogen (secondary N) is 1. The van der Waals surface area contributed by atoms with E-state index >= 15 is 0 Å². The topological polar surface area (TPSA) is 46.9 Å². The number of hydrogen-bond donors (Lipinski definition) is 1. The molecule has 0 aliphatic heterocycles. The van der Waals surface area contributed by atoms with Gasteiger partial charge in [-0.2, -0.15) is 5.10 Å². The average molecular weight is 416 g/mol. The first kappa shape index (κ1) is 18.3. The Kier molecular flexibility index (Phi) is 5.23. The van der Waals surface area contributed by atoms with Gasteiger partial charge in [0.1, 0.15) is 5.82 Å². The van der Waals surface area contributed by atoms with Gasteiger partial charge in [-0.25, -0.2) is 4.39 Å². The number of nitrogens with zero attached hydrogens (tertiary/aromatic N) is 2. The molecule has 3 aromatic rings. The zero-order valence-electron chi connectivity index (χ0n) is 14.8. The third-order valence-corrected chi connectivity index (χ3v) is 5.33. The molecular formula is C20H19BrFN3O. The second-order valence-electron chi connectivity index (χ2n) is 6.28. The first-order chi connectivity index (χ1) is 12.3. The minimum Gasteiger partial charge on any atom is -0.319 e. The SMILES string of the molecule is Cc1ccc(F)c(NC(=O)c2cccc(Cn3nc(C)c(Br)c3C)c2)c1. The second-order valence-corrected chi connectivity index (χ2v) is 7.07. The second kappa shape index (κ2) is 7.41. The van der Waals surface area contributed by atoms with Crippen LogP contribution in [-0.2, 0) is 6.54 Å². The predicted molar refractivity (Wildman–Crippen MR) is 104 cm³/mol. The molecule has 0 atom stereocenters. The Morgan fingerprint density at radius 3 is 2.65 bits per heavy atom. The number of halogens is 2. The van der Waals surface area contributed by atoms with Crippen molar-refractivity contribution in [2.24, 2.45) is 0 Å². The van der Waals surface area contributed by atoms with Crippen LogP contribution in [0.3, 0.4) is 0 Å². The minimum atomic E-state index is -0.451. The van der Waals surface area contributed by atoms with Crippen molar-refractivity contribution in [1.29, 1.82) is 0 Å². The predicted octanol–water partition coefficient (Wildman–Crippen LogP) is 5.01. The number of carbonyl (C=O) groups excluding carboxylic acids is 1. The summed E-state index contributed by atoms with van der Waals surface area (Å²) >= 11 is 3.52. The lowest BCUT2D eigenvalue weighted by atomic mass is 10.1. The van der Waals surface area contributed by atoms with E-state index in [1.54, 1.807) is 24.3 Å². The van der Waals surface area contributed by atoms with Crippen molar-refractivity contribution in [3.8, 4) is 0 Å². The summed E-state index contributed by atoms with van der Waals surface area (Å²) < 4.78 is 16.7. The highest BCUT2D eigenvalue weighted by Crippen LogP contribution is 2.21. The Hall–Kier alpha value is -2.47. The smallest absolute Gasteiger partial charge is 0.255 e. The van der Waals surface area contributed by atoms with Gasteiger partial charge in [-0.05, 0) is 72.1 Å². The third kappa shape index (κ3) is 3.85. The molecule has 1 aromatic heterocycles. The molecule has 0 aliphatic rings. The maximum atomic E-state index is 13.9. The summed E-state index contributed by atoms with van der Waals surface area (Å²) in [5.41, 5.74) is 4.43. The summed E-state index contributed by atoms with van der Waals surface area (Å²) in [4.78, 5) is 12.5. The maximum Gasteiger partial charge on any atom is 0.255 e. The summed E-state index contributed by atoms with van der Waals surface area (Å²) in [6.45, 7) is 6.33. The van der Waals surface area contributed by atoms with Crippen LogP contribution in [0.5, 0.6) is 0 Å². The van der Waals surface area contributed by atoms with E-state index in [4.69, 9.17) is 0 Å². The number of benzene rings is 2. The molecule has 1 N–H and O–H groups in total. The number of rotatable bonds is 4. The summed E-state index contributed by atoms with van der Waals surface area (Å²) in [7, 11) is 0. The molecule has 0 saturated carbocycles. The maximum absolute atomic E-state index is 13.9. The van der Waals surface area contributed by atoms with E-state index in [2.05, 4.69) is 26.3 Å². The quantitative estimate of drug-likeness (QED) is 0.650. The van der Waals surface area contributed by atoms with E-state index in [-0.39, 0.29) is 11.6 Å². The van der Waals surface area contributed by atoms with Gasteiger partial charge in [-0.15, -0.1) is 0 Å². The highest BCUT2D eigenvalue weighted by Gasteiger charge is 2.12. The molecule has 0 unspecified atom stereocenters. The van der Waals surface area contributed by atoms with Gasteiger partial charge in [0, 0.05) is 5.56 Å². The third-order valence-electron chi connectivity index (χ3n) is 4.18. The average Bonchev–Trinajstić information content (AvgIpc) is 2.85. The normalized spacial score (nSPS) is 10.8. The summed E-state index contributed by atoms with van der Waals surface area (Å²) in [6.07, 6.45) is 0. The number of amides is 1. The van der Waals surface area contributed by atoms with Crippen LogP contribution < -0.4 is 5.32 Å². The zero-order valence-corrected chi connectivity index (χ0v) is 16.4. The Labute approximate surface area is 160 Å². The van der Waals surface area contributed by atoms with Crippen molar-refractivity contribution in [2.45, 2.75) is 27.3 Å². The molecule has 2 aromatic carbocycles. The molecule has 6 heteroatoms. The molecule has 0 fully saturated rings. The van der Waals surface area contributed by atoms with Gasteiger partial charge in [-0.3, -0.25) is 9.48 Å². The fourth-order valence-electron chi connectivity index (χ4n) is 2.74. The van der Waals surface area contributed by atoms with Crippen LogP contribution in [-0.4, -0.2) is 15.7 Å². The number of aromatic nitrogens is 2. The molecule has 1 heterocycles. The lowest BCUT2D eigenvalue weighted by Crippen LogP contribution is -2.14. The van der Waals surface area contributed by atoms with E-state index in [9.17, 15) is 9.18 Å². The van der Waals surface area contributed by atoms with Crippen LogP contribution >= 0.6 is 15.9 Å². The van der Waals surface area contributed by atoms with Crippen molar-refractivity contribution in [2.75, 3.05) is 5.32 Å². The molecule has 4 nitrogen and oxygen atoms in total. The van der Waals surface area contributed by atoms with E-state index in [0.29, 0.717) is 12.1 Å². The molecule has 0 radical (unpaired) electrons. The van der Waals surface area contributed by atoms with E-state index in [1.807, 2.05) is 37.6 Å². The number of carbonyl (C=O) groups is 1. The fourth-order valence-corrected chi connectivity index (χ4v) is 3.03. The van der Waals surface area contributed by atoms with Gasteiger partial charge in [0.25, 0.3) is 5.91 Å². The Morgan fingerprint density at radius 1 is 1.19 bits per heavy atom. The van der Waals surface area contributed by atoms with Crippen LogP contribution in [0.4, 0.5) is 10.1 Å². The monoisotopic (exact) mass is 415 g/mol. The number of anilines is 1. The largest absolute Gasteiger partial charge is 0.319 e. The van der Waals surface area contributed by atoms with E-state index in [0.717, 1.165) is 27.0 Å². The van der Waals surface area contributed by atoms with Gasteiger partial charge >= 0.3 is 0 Å². The summed E-state index contributed by atoms with van der Waals surface area (Å²) in [6, 6.07) is 11.9. The van der Waals surface area contributed by atoms with Crippen LogP contribution in [0.1, 0.15) is 32.9 Å². The Bertz CT molecular complexity index is 981. The van der Waals surface area contributed by atoms with Gasteiger partial charge in [0.05, 0.1) is 28.1 Å². The minimum absolute atomic E-state index is 0.183. The highest BCUT2D eigenvalue weighted by molar-refractivity contribution is 9.10. The molecule has 0 spiro atoms. The van der Waals surface area contributed by atoms with E-state index < -0.39 is 5.82 Å². The summed E-state index contributed by atoms with van der Waals surface area (Å²) in [5.74, 6) is -0.793. The van der Waals surface area contributed by atoms with Gasteiger partial charge in [-0.1, -0.05) is 18.2 Å². The van der Waals surface area contributed by atoms with Gasteiger partial charge in [0.15, 0.2) is 0 Å². The van der Waals surface area contributed by atoms with Gasteiger partial charge < -0.3 is 5.32 Å². The molecule has 3 rings (SSSR count). The van der Waals surface area contributed by atoms with Crippen molar-refractivity contribution in [3.63, 3.8) is 0 Å². The number of aryl methyl sites for hydroxylation is 2. The molecule has 26 heavy (non-hydrogen) atoms. The number of hydrogen-bond acceptors (Lipinski definition) is 2. The van der Waals surface area contributed by atoms with Crippen molar-refractivity contribution in [1.82, 2.24) is 9.78 Å². The van der Waals surface area contributed by atoms with Crippen molar-refractivity contribution >= 4 is 27.5 Å². The van der Waals surface area contributed by atoms with Crippen LogP contribution in [0, 0.1) is 26.6 Å². The van der Waals surface area contributed by atoms with Gasteiger partial charge in [0.2, 0.25) is 0 Å². The lowest BCUT2D eigenvalue weighted by Gasteiger charge is -2.09. The Morgan fingerprint density at radius 2 is 1.96 bits per heavy atom. The lowest BCUT2D eigenvalue weighted by molar-refractivity contribution is 0.102. The standard InChI is InChI=1S/C20H19BrFN3O/c1-12-7-8-17(22)18(9-12)23-20(26)16-6-4-5-15(10-16)11-25-14(3)19(21)13(2)24-25/h4-10H,11H2,1-3H3,(H,23,26). The van der Waals surface area contributed by atoms with E-state index in [1.165, 1.54) is 6.07 Å².